The molecule has 0 atom stereocenters. The maximum Gasteiger partial charge on any atom is 0.257 e. The Balaban J connectivity index is 2.25. The van der Waals surface area contributed by atoms with E-state index >= 15 is 0 Å². The van der Waals surface area contributed by atoms with Crippen LogP contribution in [0.3, 0.4) is 0 Å². The Morgan fingerprint density at radius 1 is 1.45 bits per heavy atom. The third kappa shape index (κ3) is 3.20. The third-order valence-corrected chi connectivity index (χ3v) is 3.55. The molecular formula is C13H11BrClN3O2. The Morgan fingerprint density at radius 3 is 2.85 bits per heavy atom. The molecule has 20 heavy (non-hydrogen) atoms. The number of nitrogens with one attached hydrogen (secondary N) is 1. The summed E-state index contributed by atoms with van der Waals surface area (Å²) in [7, 11) is 1.55. The average Bonchev–Trinajstić information content (AvgIpc) is 2.44. The predicted octanol–water partition coefficient (Wildman–Crippen LogP) is 3.34. The van der Waals surface area contributed by atoms with E-state index in [-0.39, 0.29) is 16.7 Å². The number of halogens is 2. The van der Waals surface area contributed by atoms with Crippen LogP contribution >= 0.6 is 27.5 Å². The van der Waals surface area contributed by atoms with Crippen molar-refractivity contribution in [2.75, 3.05) is 18.2 Å². The minimum absolute atomic E-state index is 0.186. The Bertz CT molecular complexity index is 664. The van der Waals surface area contributed by atoms with Crippen LogP contribution in [0.2, 0.25) is 5.02 Å². The molecule has 1 aromatic carbocycles. The molecule has 0 bridgehead atoms. The normalized spacial score (nSPS) is 10.2. The van der Waals surface area contributed by atoms with Crippen LogP contribution in [0.25, 0.3) is 0 Å². The van der Waals surface area contributed by atoms with Crippen molar-refractivity contribution in [2.45, 2.75) is 0 Å². The molecule has 2 aromatic rings. The lowest BCUT2D eigenvalue weighted by Crippen LogP contribution is -2.13. The number of hydrogen-bond donors (Lipinski definition) is 2. The number of nitrogen functional groups attached to an aromatic ring is 1. The number of hydrogen-bond acceptors (Lipinski definition) is 4. The molecule has 1 amide bonds. The second-order valence-electron chi connectivity index (χ2n) is 3.89. The zero-order valence-corrected chi connectivity index (χ0v) is 12.8. The van der Waals surface area contributed by atoms with Crippen molar-refractivity contribution in [2.24, 2.45) is 0 Å². The van der Waals surface area contributed by atoms with Crippen LogP contribution in [0, 0.1) is 0 Å². The van der Waals surface area contributed by atoms with Crippen molar-refractivity contribution < 1.29 is 9.53 Å². The average molecular weight is 357 g/mol. The van der Waals surface area contributed by atoms with Gasteiger partial charge >= 0.3 is 0 Å². The molecule has 0 aliphatic rings. The van der Waals surface area contributed by atoms with Crippen LogP contribution in [-0.2, 0) is 0 Å². The van der Waals surface area contributed by atoms with E-state index in [0.717, 1.165) is 4.47 Å². The number of nitrogens with two attached hydrogens (primary N) is 1. The summed E-state index contributed by atoms with van der Waals surface area (Å²) in [6.07, 6.45) is 1.37. The second-order valence-corrected chi connectivity index (χ2v) is 5.15. The number of anilines is 2. The maximum atomic E-state index is 12.1. The molecule has 0 saturated carbocycles. The zero-order chi connectivity index (χ0) is 14.7. The Hall–Kier alpha value is -1.79. The van der Waals surface area contributed by atoms with Gasteiger partial charge in [-0.05, 0) is 34.1 Å². The Morgan fingerprint density at radius 2 is 2.20 bits per heavy atom. The highest BCUT2D eigenvalue weighted by molar-refractivity contribution is 9.10. The zero-order valence-electron chi connectivity index (χ0n) is 10.5. The van der Waals surface area contributed by atoms with Crippen LogP contribution in [0.1, 0.15) is 10.4 Å². The number of nitrogens with zero attached hydrogens (tertiary/aromatic N) is 1. The number of pyridine rings is 1. The van der Waals surface area contributed by atoms with Gasteiger partial charge in [0.1, 0.15) is 11.6 Å². The van der Waals surface area contributed by atoms with Crippen LogP contribution in [0.15, 0.2) is 34.9 Å². The van der Waals surface area contributed by atoms with E-state index in [0.29, 0.717) is 17.0 Å². The number of ether oxygens (including phenoxy) is 1. The summed E-state index contributed by atoms with van der Waals surface area (Å²) in [4.78, 5) is 16.0. The van der Waals surface area contributed by atoms with Crippen LogP contribution in [-0.4, -0.2) is 18.0 Å². The maximum absolute atomic E-state index is 12.1. The van der Waals surface area contributed by atoms with Gasteiger partial charge in [0, 0.05) is 16.7 Å². The summed E-state index contributed by atoms with van der Waals surface area (Å²) in [5.74, 6) is 0.482. The molecule has 0 aliphatic carbocycles. The summed E-state index contributed by atoms with van der Waals surface area (Å²) in [6, 6.07) is 6.73. The van der Waals surface area contributed by atoms with E-state index in [1.54, 1.807) is 25.3 Å². The molecule has 1 heterocycles. The summed E-state index contributed by atoms with van der Waals surface area (Å²) in [6.45, 7) is 0. The van der Waals surface area contributed by atoms with E-state index in [1.807, 2.05) is 0 Å². The molecule has 0 radical (unpaired) electrons. The molecule has 3 N–H and O–H groups in total. The molecule has 0 saturated heterocycles. The van der Waals surface area contributed by atoms with Gasteiger partial charge in [-0.2, -0.15) is 0 Å². The first-order chi connectivity index (χ1) is 9.51. The highest BCUT2D eigenvalue weighted by Gasteiger charge is 2.11. The van der Waals surface area contributed by atoms with Crippen molar-refractivity contribution in [1.82, 2.24) is 4.98 Å². The fourth-order valence-electron chi connectivity index (χ4n) is 1.49. The molecule has 0 spiro atoms. The van der Waals surface area contributed by atoms with Crippen molar-refractivity contribution in [3.8, 4) is 5.75 Å². The number of carbonyl (C=O) groups is 1. The lowest BCUT2D eigenvalue weighted by atomic mass is 10.2. The van der Waals surface area contributed by atoms with Gasteiger partial charge < -0.3 is 15.8 Å². The lowest BCUT2D eigenvalue weighted by Gasteiger charge is -2.09. The fourth-order valence-corrected chi connectivity index (χ4v) is 2.01. The number of benzene rings is 1. The highest BCUT2D eigenvalue weighted by atomic mass is 79.9. The highest BCUT2D eigenvalue weighted by Crippen LogP contribution is 2.27. The van der Waals surface area contributed by atoms with E-state index < -0.39 is 0 Å². The molecule has 5 nitrogen and oxygen atoms in total. The minimum Gasteiger partial charge on any atom is -0.497 e. The van der Waals surface area contributed by atoms with E-state index in [2.05, 4.69) is 26.2 Å². The van der Waals surface area contributed by atoms with Crippen LogP contribution in [0.4, 0.5) is 11.5 Å². The second kappa shape index (κ2) is 6.11. The molecule has 2 rings (SSSR count). The molecular weight excluding hydrogens is 346 g/mol. The van der Waals surface area contributed by atoms with Gasteiger partial charge in [-0.15, -0.1) is 0 Å². The van der Waals surface area contributed by atoms with Crippen molar-refractivity contribution >= 4 is 44.9 Å². The summed E-state index contributed by atoms with van der Waals surface area (Å²) >= 11 is 9.20. The van der Waals surface area contributed by atoms with Crippen LogP contribution in [0.5, 0.6) is 5.75 Å². The van der Waals surface area contributed by atoms with Gasteiger partial charge in [-0.3, -0.25) is 4.79 Å². The largest absolute Gasteiger partial charge is 0.497 e. The first kappa shape index (κ1) is 14.6. The molecule has 0 fully saturated rings. The number of amides is 1. The van der Waals surface area contributed by atoms with Gasteiger partial charge in [0.2, 0.25) is 0 Å². The monoisotopic (exact) mass is 355 g/mol. The lowest BCUT2D eigenvalue weighted by molar-refractivity contribution is 0.102. The number of aromatic nitrogens is 1. The molecule has 1 aromatic heterocycles. The van der Waals surface area contributed by atoms with Gasteiger partial charge in [-0.25, -0.2) is 4.98 Å². The molecule has 0 aliphatic heterocycles. The molecule has 0 unspecified atom stereocenters. The number of methoxy groups -OCH3 is 1. The fraction of sp³-hybridized carbons (Fsp3) is 0.0769. The number of carbonyl (C=O) groups excluding carboxylic acids is 1. The molecule has 104 valence electrons. The SMILES string of the molecule is COc1ccc(Br)c(NC(=O)c2cnc(N)c(Cl)c2)c1. The predicted molar refractivity (Wildman–Crippen MR) is 82.3 cm³/mol. The van der Waals surface area contributed by atoms with Crippen molar-refractivity contribution in [3.05, 3.63) is 45.5 Å². The third-order valence-electron chi connectivity index (χ3n) is 2.55. The minimum atomic E-state index is -0.339. The van der Waals surface area contributed by atoms with Crippen molar-refractivity contribution in [3.63, 3.8) is 0 Å². The van der Waals surface area contributed by atoms with E-state index in [9.17, 15) is 4.79 Å². The van der Waals surface area contributed by atoms with Gasteiger partial charge in [-0.1, -0.05) is 11.6 Å². The van der Waals surface area contributed by atoms with E-state index in [1.165, 1.54) is 12.3 Å². The van der Waals surface area contributed by atoms with Gasteiger partial charge in [0.15, 0.2) is 0 Å². The van der Waals surface area contributed by atoms with Gasteiger partial charge in [0.25, 0.3) is 5.91 Å². The first-order valence-electron chi connectivity index (χ1n) is 5.57. The first-order valence-corrected chi connectivity index (χ1v) is 6.74. The summed E-state index contributed by atoms with van der Waals surface area (Å²) in [5.41, 5.74) is 6.41. The van der Waals surface area contributed by atoms with Crippen molar-refractivity contribution in [1.29, 1.82) is 0 Å². The Labute approximate surface area is 129 Å². The summed E-state index contributed by atoms with van der Waals surface area (Å²) < 4.78 is 5.85. The van der Waals surface area contributed by atoms with E-state index in [4.69, 9.17) is 22.1 Å². The topological polar surface area (TPSA) is 77.2 Å². The standard InChI is InChI=1S/C13H11BrClN3O2/c1-20-8-2-3-9(14)11(5-8)18-13(19)7-4-10(15)12(16)17-6-7/h2-6H,1H3,(H2,16,17)(H,18,19). The van der Waals surface area contributed by atoms with Crippen LogP contribution < -0.4 is 15.8 Å². The summed E-state index contributed by atoms with van der Waals surface area (Å²) in [5, 5.41) is 2.98. The van der Waals surface area contributed by atoms with Gasteiger partial charge in [0.05, 0.1) is 23.4 Å². The molecule has 7 heteroatoms. The quantitative estimate of drug-likeness (QED) is 0.884. The smallest absolute Gasteiger partial charge is 0.257 e. The number of rotatable bonds is 3. The Kier molecular flexibility index (Phi) is 4.46.